The van der Waals surface area contributed by atoms with E-state index in [9.17, 15) is 9.59 Å². The maximum absolute atomic E-state index is 12.5. The second kappa shape index (κ2) is 8.33. The van der Waals surface area contributed by atoms with Crippen molar-refractivity contribution >= 4 is 17.6 Å². The van der Waals surface area contributed by atoms with Crippen molar-refractivity contribution in [2.45, 2.75) is 52.4 Å². The van der Waals surface area contributed by atoms with Gasteiger partial charge in [-0.25, -0.2) is 9.97 Å². The molecular weight excluding hydrogens is 342 g/mol. The van der Waals surface area contributed by atoms with Gasteiger partial charge in [0.05, 0.1) is 6.54 Å². The van der Waals surface area contributed by atoms with Crippen molar-refractivity contribution in [1.82, 2.24) is 19.8 Å². The number of hydrogen-bond acceptors (Lipinski definition) is 5. The predicted molar refractivity (Wildman–Crippen MR) is 105 cm³/mol. The number of likely N-dealkylation sites (N-methyl/N-ethyl adjacent to an activating group) is 1. The lowest BCUT2D eigenvalue weighted by molar-refractivity contribution is -0.133. The molecule has 3 heterocycles. The molecule has 0 atom stereocenters. The third-order valence-electron chi connectivity index (χ3n) is 5.96. The number of fused-ring (bicyclic) bond motifs is 1. The maximum atomic E-state index is 12.5. The summed E-state index contributed by atoms with van der Waals surface area (Å²) in [6.45, 7) is 9.97. The molecule has 0 unspecified atom stereocenters. The second-order valence-electron chi connectivity index (χ2n) is 7.54. The number of nitrogens with zero attached hydrogens (tertiary/aromatic N) is 5. The molecule has 0 saturated carbocycles. The van der Waals surface area contributed by atoms with Crippen LogP contribution in [0.4, 0.5) is 5.82 Å². The Morgan fingerprint density at radius 2 is 1.81 bits per heavy atom. The molecule has 148 valence electrons. The van der Waals surface area contributed by atoms with Gasteiger partial charge in [-0.05, 0) is 39.3 Å². The highest BCUT2D eigenvalue weighted by molar-refractivity contribution is 5.94. The molecule has 1 aromatic rings. The molecule has 7 nitrogen and oxygen atoms in total. The topological polar surface area (TPSA) is 69.6 Å². The van der Waals surface area contributed by atoms with Gasteiger partial charge in [-0.3, -0.25) is 19.4 Å². The molecule has 0 bridgehead atoms. The Balaban J connectivity index is 1.67. The summed E-state index contributed by atoms with van der Waals surface area (Å²) < 4.78 is 0. The lowest BCUT2D eigenvalue weighted by Gasteiger charge is -2.33. The van der Waals surface area contributed by atoms with Crippen molar-refractivity contribution in [3.8, 4) is 0 Å². The van der Waals surface area contributed by atoms with Crippen LogP contribution in [0.25, 0.3) is 0 Å². The first-order chi connectivity index (χ1) is 12.9. The first kappa shape index (κ1) is 19.7. The summed E-state index contributed by atoms with van der Waals surface area (Å²) in [7, 11) is 1.80. The fourth-order valence-electron chi connectivity index (χ4n) is 4.00. The monoisotopic (exact) mass is 373 g/mol. The summed E-state index contributed by atoms with van der Waals surface area (Å²) in [5.74, 6) is 2.17. The molecule has 0 aromatic carbocycles. The van der Waals surface area contributed by atoms with E-state index in [2.05, 4.69) is 18.7 Å². The Bertz CT molecular complexity index is 709. The van der Waals surface area contributed by atoms with Gasteiger partial charge in [-0.15, -0.1) is 0 Å². The molecule has 2 aliphatic rings. The van der Waals surface area contributed by atoms with E-state index in [4.69, 9.17) is 9.97 Å². The van der Waals surface area contributed by atoms with Crippen molar-refractivity contribution < 1.29 is 9.59 Å². The second-order valence-corrected chi connectivity index (χ2v) is 7.54. The molecule has 2 amide bonds. The van der Waals surface area contributed by atoms with E-state index >= 15 is 0 Å². The fraction of sp³-hybridized carbons (Fsp3) is 0.700. The smallest absolute Gasteiger partial charge is 0.236 e. The Labute approximate surface area is 161 Å². The van der Waals surface area contributed by atoms with Gasteiger partial charge in [0.1, 0.15) is 11.6 Å². The number of aryl methyl sites for hydroxylation is 1. The van der Waals surface area contributed by atoms with E-state index in [0.717, 1.165) is 68.3 Å². The van der Waals surface area contributed by atoms with Crippen LogP contribution in [-0.4, -0.2) is 71.4 Å². The normalized spacial score (nSPS) is 18.2. The zero-order valence-electron chi connectivity index (χ0n) is 17.0. The number of aromatic nitrogens is 2. The predicted octanol–water partition coefficient (Wildman–Crippen LogP) is 1.74. The van der Waals surface area contributed by atoms with Gasteiger partial charge >= 0.3 is 0 Å². The van der Waals surface area contributed by atoms with E-state index in [1.807, 2.05) is 11.8 Å². The van der Waals surface area contributed by atoms with Crippen LogP contribution in [0, 0.1) is 6.92 Å². The van der Waals surface area contributed by atoms with Crippen LogP contribution in [-0.2, 0) is 16.0 Å². The third-order valence-corrected chi connectivity index (χ3v) is 5.96. The van der Waals surface area contributed by atoms with Crippen molar-refractivity contribution in [3.63, 3.8) is 0 Å². The molecule has 2 aliphatic heterocycles. The molecule has 27 heavy (non-hydrogen) atoms. The number of likely N-dealkylation sites (tertiary alicyclic amines) is 1. The van der Waals surface area contributed by atoms with Crippen LogP contribution in [0.3, 0.4) is 0 Å². The van der Waals surface area contributed by atoms with Crippen molar-refractivity contribution in [2.24, 2.45) is 0 Å². The van der Waals surface area contributed by atoms with Crippen molar-refractivity contribution in [2.75, 3.05) is 44.7 Å². The number of rotatable bonds is 5. The van der Waals surface area contributed by atoms with Crippen LogP contribution in [0.2, 0.25) is 0 Å². The van der Waals surface area contributed by atoms with E-state index in [-0.39, 0.29) is 17.7 Å². The average molecular weight is 374 g/mol. The van der Waals surface area contributed by atoms with E-state index in [1.165, 1.54) is 0 Å². The maximum Gasteiger partial charge on any atom is 0.236 e. The van der Waals surface area contributed by atoms with E-state index < -0.39 is 0 Å². The number of carbonyl (C=O) groups excluding carboxylic acids is 2. The minimum absolute atomic E-state index is 0.114. The van der Waals surface area contributed by atoms with Gasteiger partial charge in [0, 0.05) is 43.7 Å². The van der Waals surface area contributed by atoms with Crippen LogP contribution >= 0.6 is 0 Å². The van der Waals surface area contributed by atoms with Crippen LogP contribution < -0.4 is 4.90 Å². The highest BCUT2D eigenvalue weighted by atomic mass is 16.2. The molecule has 0 N–H and O–H groups in total. The van der Waals surface area contributed by atoms with E-state index in [0.29, 0.717) is 13.0 Å². The highest BCUT2D eigenvalue weighted by Crippen LogP contribution is 2.31. The minimum Gasteiger partial charge on any atom is -0.342 e. The number of amides is 2. The summed E-state index contributed by atoms with van der Waals surface area (Å²) >= 11 is 0. The van der Waals surface area contributed by atoms with Crippen molar-refractivity contribution in [1.29, 1.82) is 0 Å². The largest absolute Gasteiger partial charge is 0.342 e. The third kappa shape index (κ3) is 4.13. The number of hydrogen-bond donors (Lipinski definition) is 0. The molecule has 1 aromatic heterocycles. The Morgan fingerprint density at radius 3 is 2.44 bits per heavy atom. The number of anilines is 1. The summed E-state index contributed by atoms with van der Waals surface area (Å²) in [6, 6.07) is 0. The minimum atomic E-state index is 0.114. The summed E-state index contributed by atoms with van der Waals surface area (Å²) in [4.78, 5) is 39.8. The molecule has 1 saturated heterocycles. The zero-order valence-corrected chi connectivity index (χ0v) is 17.0. The van der Waals surface area contributed by atoms with Gasteiger partial charge in [-0.2, -0.15) is 0 Å². The molecule has 0 aliphatic carbocycles. The van der Waals surface area contributed by atoms with Gasteiger partial charge in [0.15, 0.2) is 0 Å². The molecule has 0 radical (unpaired) electrons. The number of carbonyl (C=O) groups is 2. The lowest BCUT2D eigenvalue weighted by atomic mass is 9.95. The zero-order chi connectivity index (χ0) is 19.6. The first-order valence-corrected chi connectivity index (χ1v) is 10.1. The lowest BCUT2D eigenvalue weighted by Crippen LogP contribution is -2.44. The van der Waals surface area contributed by atoms with Crippen molar-refractivity contribution in [3.05, 3.63) is 17.1 Å². The van der Waals surface area contributed by atoms with Crippen LogP contribution in [0.1, 0.15) is 56.1 Å². The molecular formula is C20H31N5O2. The number of piperidine rings is 1. The fourth-order valence-corrected chi connectivity index (χ4v) is 4.00. The van der Waals surface area contributed by atoms with E-state index in [1.54, 1.807) is 11.9 Å². The quantitative estimate of drug-likeness (QED) is 0.786. The van der Waals surface area contributed by atoms with Crippen LogP contribution in [0.15, 0.2) is 0 Å². The SMILES string of the molecule is CCN(CC)CC(=O)N1CCC(c2nc(C)c3c(n2)N(C)C(=O)CC3)CC1. The summed E-state index contributed by atoms with van der Waals surface area (Å²) in [5, 5.41) is 0. The highest BCUT2D eigenvalue weighted by Gasteiger charge is 2.30. The molecule has 7 heteroatoms. The average Bonchev–Trinajstić information content (AvgIpc) is 2.69. The first-order valence-electron chi connectivity index (χ1n) is 10.1. The summed E-state index contributed by atoms with van der Waals surface area (Å²) in [5.41, 5.74) is 2.07. The summed E-state index contributed by atoms with van der Waals surface area (Å²) in [6.07, 6.45) is 3.00. The molecule has 0 spiro atoms. The standard InChI is InChI=1S/C20H31N5O2/c1-5-24(6-2)13-18(27)25-11-9-15(10-12-25)19-21-14(3)16-7-8-17(26)23(4)20(16)22-19/h15H,5-13H2,1-4H3. The Hall–Kier alpha value is -2.02. The van der Waals surface area contributed by atoms with Gasteiger partial charge in [-0.1, -0.05) is 13.8 Å². The molecule has 3 rings (SSSR count). The van der Waals surface area contributed by atoms with Gasteiger partial charge in [0.2, 0.25) is 11.8 Å². The van der Waals surface area contributed by atoms with Gasteiger partial charge < -0.3 is 4.90 Å². The van der Waals surface area contributed by atoms with Crippen LogP contribution in [0.5, 0.6) is 0 Å². The van der Waals surface area contributed by atoms with Gasteiger partial charge in [0.25, 0.3) is 0 Å². The Kier molecular flexibility index (Phi) is 6.09. The molecule has 1 fully saturated rings. The Morgan fingerprint density at radius 1 is 1.15 bits per heavy atom.